The fourth-order valence-corrected chi connectivity index (χ4v) is 5.03. The molecule has 0 bridgehead atoms. The van der Waals surface area contributed by atoms with E-state index >= 15 is 0 Å². The number of pyridine rings is 1. The summed E-state index contributed by atoms with van der Waals surface area (Å²) in [7, 11) is 0. The van der Waals surface area contributed by atoms with E-state index in [2.05, 4.69) is 20.9 Å². The van der Waals surface area contributed by atoms with Gasteiger partial charge in [-0.3, -0.25) is 19.5 Å². The molecule has 0 saturated carbocycles. The summed E-state index contributed by atoms with van der Waals surface area (Å²) in [5, 5.41) is 2.30. The molecule has 33 heavy (non-hydrogen) atoms. The fourth-order valence-electron chi connectivity index (χ4n) is 4.69. The number of halogens is 2. The lowest BCUT2D eigenvalue weighted by atomic mass is 10.1. The van der Waals surface area contributed by atoms with Gasteiger partial charge in [0.1, 0.15) is 0 Å². The number of unbranched alkanes of at least 4 members (excludes halogenated alkanes) is 1. The summed E-state index contributed by atoms with van der Waals surface area (Å²) in [5.74, 6) is -0.915. The second kappa shape index (κ2) is 9.29. The van der Waals surface area contributed by atoms with Gasteiger partial charge in [-0.25, -0.2) is 0 Å². The summed E-state index contributed by atoms with van der Waals surface area (Å²) in [5.41, 5.74) is 3.21. The number of piperazine rings is 1. The van der Waals surface area contributed by atoms with Crippen molar-refractivity contribution in [2.24, 2.45) is 0 Å². The third kappa shape index (κ3) is 4.43. The Kier molecular flexibility index (Phi) is 6.23. The molecule has 170 valence electrons. The van der Waals surface area contributed by atoms with Crippen molar-refractivity contribution < 1.29 is 9.59 Å². The molecule has 0 spiro atoms. The molecule has 0 atom stereocenters. The van der Waals surface area contributed by atoms with E-state index in [0.29, 0.717) is 27.8 Å². The van der Waals surface area contributed by atoms with Gasteiger partial charge in [-0.15, -0.1) is 0 Å². The number of amides is 1. The van der Waals surface area contributed by atoms with Crippen LogP contribution in [0.25, 0.3) is 10.9 Å². The monoisotopic (exact) mass is 482 g/mol. The van der Waals surface area contributed by atoms with Gasteiger partial charge in [0.05, 0.1) is 16.8 Å². The third-order valence-corrected chi connectivity index (χ3v) is 6.90. The molecule has 0 N–H and O–H groups in total. The predicted octanol–water partition coefficient (Wildman–Crippen LogP) is 4.67. The van der Waals surface area contributed by atoms with Gasteiger partial charge in [0.25, 0.3) is 11.7 Å². The number of Topliss-reactive ketones (excluding diaryl/α,β-unsaturated/α-hetero) is 1. The molecule has 0 unspecified atom stereocenters. The Morgan fingerprint density at radius 3 is 2.36 bits per heavy atom. The number of rotatable bonds is 6. The quantitative estimate of drug-likeness (QED) is 0.377. The second-order valence-electron chi connectivity index (χ2n) is 8.47. The van der Waals surface area contributed by atoms with Crippen LogP contribution in [0.1, 0.15) is 23.2 Å². The molecular weight excluding hydrogens is 459 g/mol. The fraction of sp³-hybridized carbons (Fsp3) is 0.320. The lowest BCUT2D eigenvalue weighted by Crippen LogP contribution is -2.46. The van der Waals surface area contributed by atoms with E-state index in [0.717, 1.165) is 56.5 Å². The average Bonchev–Trinajstić information content (AvgIpc) is 3.06. The van der Waals surface area contributed by atoms with Gasteiger partial charge >= 0.3 is 0 Å². The van der Waals surface area contributed by atoms with Crippen LogP contribution in [0.15, 0.2) is 48.7 Å². The summed E-state index contributed by atoms with van der Waals surface area (Å²) in [6.07, 6.45) is 3.66. The van der Waals surface area contributed by atoms with Gasteiger partial charge in [0.15, 0.2) is 0 Å². The highest BCUT2D eigenvalue weighted by Crippen LogP contribution is 2.31. The highest BCUT2D eigenvalue weighted by Gasteiger charge is 2.35. The molecule has 5 rings (SSSR count). The SMILES string of the molecule is O=C1C(=O)N(CCCCN2CCN(c3ccnc4cc(Cl)ccc34)CC2)c2ccc(Cl)cc21. The van der Waals surface area contributed by atoms with Crippen molar-refractivity contribution in [1.29, 1.82) is 0 Å². The molecule has 2 aliphatic rings. The summed E-state index contributed by atoms with van der Waals surface area (Å²) < 4.78 is 0. The molecule has 1 aromatic heterocycles. The van der Waals surface area contributed by atoms with E-state index in [-0.39, 0.29) is 0 Å². The van der Waals surface area contributed by atoms with E-state index in [1.54, 1.807) is 23.1 Å². The van der Waals surface area contributed by atoms with Crippen molar-refractivity contribution in [3.05, 3.63) is 64.3 Å². The van der Waals surface area contributed by atoms with Crippen LogP contribution >= 0.6 is 23.2 Å². The molecule has 3 aromatic rings. The maximum atomic E-state index is 12.4. The molecule has 1 amide bonds. The molecule has 2 aliphatic heterocycles. The zero-order valence-electron chi connectivity index (χ0n) is 18.1. The minimum atomic E-state index is -0.463. The van der Waals surface area contributed by atoms with E-state index < -0.39 is 11.7 Å². The Hall–Kier alpha value is -2.67. The van der Waals surface area contributed by atoms with Crippen molar-refractivity contribution in [1.82, 2.24) is 9.88 Å². The van der Waals surface area contributed by atoms with Gasteiger partial charge < -0.3 is 9.80 Å². The van der Waals surface area contributed by atoms with Crippen LogP contribution in [0, 0.1) is 0 Å². The Labute approximate surface area is 202 Å². The smallest absolute Gasteiger partial charge is 0.299 e. The number of ketones is 1. The van der Waals surface area contributed by atoms with Gasteiger partial charge in [0.2, 0.25) is 0 Å². The first-order chi connectivity index (χ1) is 16.0. The first-order valence-electron chi connectivity index (χ1n) is 11.2. The molecule has 3 heterocycles. The predicted molar refractivity (Wildman–Crippen MR) is 133 cm³/mol. The molecule has 1 saturated heterocycles. The number of nitrogens with zero attached hydrogens (tertiary/aromatic N) is 4. The Morgan fingerprint density at radius 2 is 1.55 bits per heavy atom. The van der Waals surface area contributed by atoms with Gasteiger partial charge in [-0.2, -0.15) is 0 Å². The molecular formula is C25H24Cl2N4O2. The molecule has 2 aromatic carbocycles. The highest BCUT2D eigenvalue weighted by molar-refractivity contribution is 6.52. The summed E-state index contributed by atoms with van der Waals surface area (Å²) in [6.45, 7) is 5.40. The van der Waals surface area contributed by atoms with Crippen molar-refractivity contribution >= 4 is 57.2 Å². The number of benzene rings is 2. The number of fused-ring (bicyclic) bond motifs is 2. The first kappa shape index (κ1) is 22.1. The van der Waals surface area contributed by atoms with Crippen LogP contribution in [0.3, 0.4) is 0 Å². The maximum Gasteiger partial charge on any atom is 0.299 e. The number of hydrogen-bond donors (Lipinski definition) is 0. The standard InChI is InChI=1S/C25H24Cl2N4O2/c26-17-4-6-23-20(15-17)24(32)25(33)31(23)10-2-1-9-29-11-13-30(14-12-29)22-7-8-28-21-16-18(27)3-5-19(21)22/h3-8,15-16H,1-2,9-14H2. The zero-order valence-corrected chi connectivity index (χ0v) is 19.6. The maximum absolute atomic E-state index is 12.4. The normalized spacial score (nSPS) is 16.7. The largest absolute Gasteiger partial charge is 0.368 e. The zero-order chi connectivity index (χ0) is 22.9. The third-order valence-electron chi connectivity index (χ3n) is 6.43. The average molecular weight is 483 g/mol. The van der Waals surface area contributed by atoms with Gasteiger partial charge in [-0.1, -0.05) is 23.2 Å². The summed E-state index contributed by atoms with van der Waals surface area (Å²) in [4.78, 5) is 35.5. The summed E-state index contributed by atoms with van der Waals surface area (Å²) in [6, 6.07) is 13.0. The van der Waals surface area contributed by atoms with Crippen LogP contribution in [0.5, 0.6) is 0 Å². The lowest BCUT2D eigenvalue weighted by molar-refractivity contribution is -0.114. The minimum absolute atomic E-state index is 0.412. The number of aromatic nitrogens is 1. The number of hydrogen-bond acceptors (Lipinski definition) is 5. The lowest BCUT2D eigenvalue weighted by Gasteiger charge is -2.36. The molecule has 8 heteroatoms. The molecule has 6 nitrogen and oxygen atoms in total. The van der Waals surface area contributed by atoms with Crippen LogP contribution in [0.2, 0.25) is 10.0 Å². The second-order valence-corrected chi connectivity index (χ2v) is 9.35. The Bertz CT molecular complexity index is 1220. The van der Waals surface area contributed by atoms with Crippen molar-refractivity contribution in [3.8, 4) is 0 Å². The van der Waals surface area contributed by atoms with Crippen molar-refractivity contribution in [3.63, 3.8) is 0 Å². The van der Waals surface area contributed by atoms with Crippen molar-refractivity contribution in [2.45, 2.75) is 12.8 Å². The molecule has 0 aliphatic carbocycles. The van der Waals surface area contributed by atoms with Crippen LogP contribution in [-0.2, 0) is 4.79 Å². The number of carbonyl (C=O) groups excluding carboxylic acids is 2. The van der Waals surface area contributed by atoms with Crippen LogP contribution in [-0.4, -0.2) is 60.8 Å². The highest BCUT2D eigenvalue weighted by atomic mass is 35.5. The van der Waals surface area contributed by atoms with E-state index in [1.807, 2.05) is 24.4 Å². The van der Waals surface area contributed by atoms with Crippen LogP contribution in [0.4, 0.5) is 11.4 Å². The molecule has 0 radical (unpaired) electrons. The summed E-state index contributed by atoms with van der Waals surface area (Å²) >= 11 is 12.1. The topological polar surface area (TPSA) is 56.8 Å². The molecule has 1 fully saturated rings. The number of carbonyl (C=O) groups is 2. The number of anilines is 2. The first-order valence-corrected chi connectivity index (χ1v) is 11.9. The van der Waals surface area contributed by atoms with E-state index in [1.165, 1.54) is 5.69 Å². The Morgan fingerprint density at radius 1 is 0.818 bits per heavy atom. The van der Waals surface area contributed by atoms with E-state index in [4.69, 9.17) is 23.2 Å². The minimum Gasteiger partial charge on any atom is -0.368 e. The van der Waals surface area contributed by atoms with Crippen molar-refractivity contribution in [2.75, 3.05) is 49.1 Å². The van der Waals surface area contributed by atoms with Crippen LogP contribution < -0.4 is 9.80 Å². The van der Waals surface area contributed by atoms with Gasteiger partial charge in [0, 0.05) is 60.0 Å². The van der Waals surface area contributed by atoms with E-state index in [9.17, 15) is 9.59 Å². The van der Waals surface area contributed by atoms with Gasteiger partial charge in [-0.05, 0) is 61.9 Å². The Balaban J connectivity index is 1.12.